The molecular weight excluding hydrogens is 378 g/mol. The summed E-state index contributed by atoms with van der Waals surface area (Å²) in [4.78, 5) is 28.2. The number of ether oxygens (including phenoxy) is 1. The lowest BCUT2D eigenvalue weighted by atomic mass is 10.1. The molecule has 0 radical (unpaired) electrons. The van der Waals surface area contributed by atoms with Gasteiger partial charge >= 0.3 is 0 Å². The number of anilines is 2. The molecule has 2 aliphatic heterocycles. The number of halogens is 1. The van der Waals surface area contributed by atoms with Gasteiger partial charge in [0.05, 0.1) is 5.69 Å². The molecule has 6 nitrogen and oxygen atoms in total. The normalized spacial score (nSPS) is 16.2. The number of aryl methyl sites for hydroxylation is 1. The van der Waals surface area contributed by atoms with Gasteiger partial charge in [0, 0.05) is 43.3 Å². The molecule has 0 bridgehead atoms. The molecule has 2 aliphatic rings. The maximum absolute atomic E-state index is 12.6. The topological polar surface area (TPSA) is 61.9 Å². The predicted molar refractivity (Wildman–Crippen MR) is 109 cm³/mol. The number of benzene rings is 2. The van der Waals surface area contributed by atoms with Gasteiger partial charge in [-0.05, 0) is 42.3 Å². The lowest BCUT2D eigenvalue weighted by Crippen LogP contribution is -2.48. The van der Waals surface area contributed by atoms with E-state index in [1.54, 1.807) is 0 Å². The Kier molecular flexibility index (Phi) is 5.39. The number of carbonyl (C=O) groups is 2. The molecule has 2 aromatic carbocycles. The number of piperazine rings is 1. The summed E-state index contributed by atoms with van der Waals surface area (Å²) in [6, 6.07) is 13.5. The molecule has 2 heterocycles. The van der Waals surface area contributed by atoms with Crippen LogP contribution in [0.25, 0.3) is 0 Å². The van der Waals surface area contributed by atoms with Gasteiger partial charge < -0.3 is 19.9 Å². The van der Waals surface area contributed by atoms with Gasteiger partial charge in [0.15, 0.2) is 6.61 Å². The highest BCUT2D eigenvalue weighted by atomic mass is 35.5. The summed E-state index contributed by atoms with van der Waals surface area (Å²) in [5, 5.41) is 3.53. The summed E-state index contributed by atoms with van der Waals surface area (Å²) in [6.45, 7) is 3.06. The van der Waals surface area contributed by atoms with Crippen molar-refractivity contribution in [3.63, 3.8) is 0 Å². The molecule has 2 aromatic rings. The molecule has 146 valence electrons. The second kappa shape index (κ2) is 8.10. The minimum Gasteiger partial charge on any atom is -0.482 e. The van der Waals surface area contributed by atoms with Crippen LogP contribution in [-0.2, 0) is 16.0 Å². The Bertz CT molecular complexity index is 894. The number of amides is 2. The third-order valence-electron chi connectivity index (χ3n) is 5.11. The van der Waals surface area contributed by atoms with E-state index in [0.717, 1.165) is 29.4 Å². The Labute approximate surface area is 169 Å². The van der Waals surface area contributed by atoms with Crippen LogP contribution >= 0.6 is 11.6 Å². The van der Waals surface area contributed by atoms with Crippen molar-refractivity contribution in [2.24, 2.45) is 0 Å². The average Bonchev–Trinajstić information content (AvgIpc) is 2.72. The van der Waals surface area contributed by atoms with Crippen molar-refractivity contribution in [2.75, 3.05) is 43.0 Å². The molecule has 0 saturated carbocycles. The number of nitrogens with one attached hydrogen (secondary N) is 1. The Morgan fingerprint density at radius 1 is 1.11 bits per heavy atom. The van der Waals surface area contributed by atoms with E-state index in [1.165, 1.54) is 0 Å². The molecule has 0 aromatic heterocycles. The zero-order valence-electron chi connectivity index (χ0n) is 15.5. The first-order chi connectivity index (χ1) is 13.6. The lowest BCUT2D eigenvalue weighted by molar-refractivity contribution is -0.131. The van der Waals surface area contributed by atoms with Crippen LogP contribution in [0, 0.1) is 0 Å². The quantitative estimate of drug-likeness (QED) is 0.858. The van der Waals surface area contributed by atoms with E-state index in [2.05, 4.69) is 10.2 Å². The van der Waals surface area contributed by atoms with Gasteiger partial charge in [-0.3, -0.25) is 9.59 Å². The Balaban J connectivity index is 1.29. The van der Waals surface area contributed by atoms with Crippen LogP contribution < -0.4 is 15.0 Å². The molecule has 4 rings (SSSR count). The fourth-order valence-corrected chi connectivity index (χ4v) is 3.77. The third-order valence-corrected chi connectivity index (χ3v) is 5.35. The van der Waals surface area contributed by atoms with Crippen LogP contribution in [0.2, 0.25) is 5.02 Å². The smallest absolute Gasteiger partial charge is 0.262 e. The van der Waals surface area contributed by atoms with Crippen molar-refractivity contribution >= 4 is 34.8 Å². The van der Waals surface area contributed by atoms with E-state index >= 15 is 0 Å². The summed E-state index contributed by atoms with van der Waals surface area (Å²) in [5.41, 5.74) is 2.78. The number of fused-ring (bicyclic) bond motifs is 1. The molecule has 2 amide bonds. The first-order valence-corrected chi connectivity index (χ1v) is 9.80. The molecule has 0 aliphatic carbocycles. The van der Waals surface area contributed by atoms with Gasteiger partial charge in [0.25, 0.3) is 5.91 Å². The van der Waals surface area contributed by atoms with Crippen LogP contribution in [0.3, 0.4) is 0 Å². The van der Waals surface area contributed by atoms with Crippen molar-refractivity contribution in [1.82, 2.24) is 4.90 Å². The van der Waals surface area contributed by atoms with Crippen molar-refractivity contribution in [3.05, 3.63) is 53.1 Å². The van der Waals surface area contributed by atoms with Gasteiger partial charge in [-0.2, -0.15) is 0 Å². The number of hydrogen-bond donors (Lipinski definition) is 1. The van der Waals surface area contributed by atoms with Crippen LogP contribution in [0.15, 0.2) is 42.5 Å². The maximum Gasteiger partial charge on any atom is 0.262 e. The minimum atomic E-state index is -0.154. The minimum absolute atomic E-state index is 0.0476. The SMILES string of the molecule is O=C1COc2ccc(CCC(=O)N3CCN(c4cccc(Cl)c4)CC3)cc2N1. The largest absolute Gasteiger partial charge is 0.482 e. The molecule has 1 fully saturated rings. The van der Waals surface area contributed by atoms with Gasteiger partial charge in [-0.1, -0.05) is 23.7 Å². The lowest BCUT2D eigenvalue weighted by Gasteiger charge is -2.36. The Morgan fingerprint density at radius 3 is 2.71 bits per heavy atom. The van der Waals surface area contributed by atoms with E-state index < -0.39 is 0 Å². The zero-order valence-corrected chi connectivity index (χ0v) is 16.2. The summed E-state index contributed by atoms with van der Waals surface area (Å²) < 4.78 is 5.37. The van der Waals surface area contributed by atoms with E-state index in [-0.39, 0.29) is 18.4 Å². The molecule has 0 atom stereocenters. The molecule has 1 saturated heterocycles. The van der Waals surface area contributed by atoms with Crippen LogP contribution in [0.4, 0.5) is 11.4 Å². The molecule has 1 N–H and O–H groups in total. The van der Waals surface area contributed by atoms with Crippen molar-refractivity contribution in [2.45, 2.75) is 12.8 Å². The van der Waals surface area contributed by atoms with Gasteiger partial charge in [-0.15, -0.1) is 0 Å². The second-order valence-electron chi connectivity index (χ2n) is 7.02. The summed E-state index contributed by atoms with van der Waals surface area (Å²) in [7, 11) is 0. The van der Waals surface area contributed by atoms with E-state index in [0.29, 0.717) is 37.4 Å². The molecule has 7 heteroatoms. The summed E-state index contributed by atoms with van der Waals surface area (Å²) in [5.74, 6) is 0.675. The zero-order chi connectivity index (χ0) is 19.5. The standard InChI is InChI=1S/C21H22ClN3O3/c22-16-2-1-3-17(13-16)24-8-10-25(11-9-24)21(27)7-5-15-4-6-19-18(12-15)23-20(26)14-28-19/h1-4,6,12-13H,5,7-11,14H2,(H,23,26). The van der Waals surface area contributed by atoms with Crippen molar-refractivity contribution < 1.29 is 14.3 Å². The van der Waals surface area contributed by atoms with E-state index in [9.17, 15) is 9.59 Å². The monoisotopic (exact) mass is 399 g/mol. The van der Waals surface area contributed by atoms with Crippen LogP contribution in [-0.4, -0.2) is 49.5 Å². The van der Waals surface area contributed by atoms with Crippen LogP contribution in [0.5, 0.6) is 5.75 Å². The van der Waals surface area contributed by atoms with E-state index in [1.807, 2.05) is 47.4 Å². The Hall–Kier alpha value is -2.73. The van der Waals surface area contributed by atoms with Crippen LogP contribution in [0.1, 0.15) is 12.0 Å². The first-order valence-electron chi connectivity index (χ1n) is 9.42. The number of carbonyl (C=O) groups excluding carboxylic acids is 2. The predicted octanol–water partition coefficient (Wildman–Crippen LogP) is 2.95. The fraction of sp³-hybridized carbons (Fsp3) is 0.333. The number of hydrogen-bond acceptors (Lipinski definition) is 4. The second-order valence-corrected chi connectivity index (χ2v) is 7.45. The summed E-state index contributed by atoms with van der Waals surface area (Å²) in [6.07, 6.45) is 1.08. The van der Waals surface area contributed by atoms with Gasteiger partial charge in [-0.25, -0.2) is 0 Å². The maximum atomic E-state index is 12.6. The van der Waals surface area contributed by atoms with E-state index in [4.69, 9.17) is 16.3 Å². The average molecular weight is 400 g/mol. The summed E-state index contributed by atoms with van der Waals surface area (Å²) >= 11 is 6.07. The van der Waals surface area contributed by atoms with Crippen molar-refractivity contribution in [1.29, 1.82) is 0 Å². The fourth-order valence-electron chi connectivity index (χ4n) is 3.58. The molecular formula is C21H22ClN3O3. The number of nitrogens with zero attached hydrogens (tertiary/aromatic N) is 2. The highest BCUT2D eigenvalue weighted by Gasteiger charge is 2.22. The highest BCUT2D eigenvalue weighted by molar-refractivity contribution is 6.30. The highest BCUT2D eigenvalue weighted by Crippen LogP contribution is 2.29. The van der Waals surface area contributed by atoms with Gasteiger partial charge in [0.1, 0.15) is 5.75 Å². The molecule has 0 unspecified atom stereocenters. The molecule has 28 heavy (non-hydrogen) atoms. The third kappa shape index (κ3) is 4.22. The Morgan fingerprint density at radius 2 is 1.93 bits per heavy atom. The van der Waals surface area contributed by atoms with Crippen molar-refractivity contribution in [3.8, 4) is 5.75 Å². The first kappa shape index (κ1) is 18.6. The molecule has 0 spiro atoms. The van der Waals surface area contributed by atoms with Gasteiger partial charge in [0.2, 0.25) is 5.91 Å². The number of rotatable bonds is 4.